The van der Waals surface area contributed by atoms with E-state index >= 15 is 0 Å². The third-order valence-electron chi connectivity index (χ3n) is 2.68. The molecule has 3 heterocycles. The van der Waals surface area contributed by atoms with Gasteiger partial charge in [-0.15, -0.1) is 5.10 Å². The van der Waals surface area contributed by atoms with E-state index in [0.29, 0.717) is 11.5 Å². The van der Waals surface area contributed by atoms with Crippen LogP contribution in [0.3, 0.4) is 0 Å². The van der Waals surface area contributed by atoms with Gasteiger partial charge in [0, 0.05) is 0 Å². The zero-order valence-electron chi connectivity index (χ0n) is 9.68. The summed E-state index contributed by atoms with van der Waals surface area (Å²) in [5.74, 6) is 0.567. The summed E-state index contributed by atoms with van der Waals surface area (Å²) in [4.78, 5) is 11.5. The van der Waals surface area contributed by atoms with E-state index in [1.807, 2.05) is 13.8 Å². The third kappa shape index (κ3) is 1.49. The minimum Gasteiger partial charge on any atom is -0.244 e. The van der Waals surface area contributed by atoms with Gasteiger partial charge in [0.1, 0.15) is 0 Å². The fourth-order valence-corrected chi connectivity index (χ4v) is 2.00. The van der Waals surface area contributed by atoms with Crippen molar-refractivity contribution in [3.8, 4) is 5.82 Å². The molecule has 8 heteroatoms. The first kappa shape index (κ1) is 11.1. The monoisotopic (exact) mass is 308 g/mol. The van der Waals surface area contributed by atoms with E-state index in [1.54, 1.807) is 16.8 Å². The second-order valence-corrected chi connectivity index (χ2v) is 4.68. The molecule has 0 bridgehead atoms. The van der Waals surface area contributed by atoms with E-state index < -0.39 is 0 Å². The summed E-state index contributed by atoms with van der Waals surface area (Å²) in [5.41, 5.74) is 1.90. The molecule has 0 amide bonds. The van der Waals surface area contributed by atoms with Gasteiger partial charge in [0.15, 0.2) is 11.5 Å². The number of aromatic amines is 1. The number of halogens is 1. The molecule has 92 valence electrons. The molecular formula is C10H9BrN6O. The predicted octanol–water partition coefficient (Wildman–Crippen LogP) is 0.983. The Hall–Kier alpha value is -1.96. The number of rotatable bonds is 1. The van der Waals surface area contributed by atoms with E-state index in [1.165, 1.54) is 4.52 Å². The lowest BCUT2D eigenvalue weighted by atomic mass is 10.4. The molecule has 3 aromatic rings. The molecule has 0 atom stereocenters. The van der Waals surface area contributed by atoms with E-state index in [0.717, 1.165) is 15.9 Å². The summed E-state index contributed by atoms with van der Waals surface area (Å²) >= 11 is 3.46. The number of fused-ring (bicyclic) bond motifs is 1. The first-order valence-corrected chi connectivity index (χ1v) is 6.04. The first-order chi connectivity index (χ1) is 8.58. The van der Waals surface area contributed by atoms with Crippen LogP contribution in [0.2, 0.25) is 0 Å². The van der Waals surface area contributed by atoms with Crippen LogP contribution in [-0.4, -0.2) is 29.6 Å². The van der Waals surface area contributed by atoms with Gasteiger partial charge in [0.25, 0.3) is 0 Å². The zero-order chi connectivity index (χ0) is 12.9. The van der Waals surface area contributed by atoms with Crippen LogP contribution in [0.1, 0.15) is 11.4 Å². The Bertz CT molecular complexity index is 798. The maximum Gasteiger partial charge on any atom is 0.364 e. The van der Waals surface area contributed by atoms with Gasteiger partial charge in [-0.2, -0.15) is 14.7 Å². The molecule has 0 aromatic carbocycles. The molecule has 0 aliphatic rings. The number of aryl methyl sites for hydroxylation is 1. The quantitative estimate of drug-likeness (QED) is 0.726. The Morgan fingerprint density at radius 3 is 2.72 bits per heavy atom. The van der Waals surface area contributed by atoms with Crippen LogP contribution < -0.4 is 5.69 Å². The molecule has 0 fully saturated rings. The highest BCUT2D eigenvalue weighted by molar-refractivity contribution is 9.10. The number of aromatic nitrogens is 6. The van der Waals surface area contributed by atoms with Crippen molar-refractivity contribution in [2.45, 2.75) is 13.8 Å². The van der Waals surface area contributed by atoms with E-state index in [4.69, 9.17) is 0 Å². The van der Waals surface area contributed by atoms with E-state index in [-0.39, 0.29) is 5.69 Å². The van der Waals surface area contributed by atoms with Crippen LogP contribution >= 0.6 is 15.9 Å². The van der Waals surface area contributed by atoms with Crippen LogP contribution in [0.4, 0.5) is 0 Å². The lowest BCUT2D eigenvalue weighted by Gasteiger charge is -2.02. The molecule has 0 spiro atoms. The molecule has 18 heavy (non-hydrogen) atoms. The summed E-state index contributed by atoms with van der Waals surface area (Å²) in [6.07, 6.45) is 0. The molecule has 3 aromatic heterocycles. The Labute approximate surface area is 110 Å². The molecule has 0 saturated carbocycles. The molecule has 1 N–H and O–H groups in total. The molecular weight excluding hydrogens is 300 g/mol. The lowest BCUT2D eigenvalue weighted by Crippen LogP contribution is -2.14. The highest BCUT2D eigenvalue weighted by Crippen LogP contribution is 2.21. The van der Waals surface area contributed by atoms with Gasteiger partial charge in [0.2, 0.25) is 0 Å². The SMILES string of the molecule is Cc1nn(-c2ccc3n[nH]c(=O)n3n2)c(C)c1Br. The van der Waals surface area contributed by atoms with Crippen LogP contribution in [0.25, 0.3) is 11.5 Å². The topological polar surface area (TPSA) is 80.9 Å². The summed E-state index contributed by atoms with van der Waals surface area (Å²) in [7, 11) is 0. The van der Waals surface area contributed by atoms with Gasteiger partial charge in [-0.3, -0.25) is 0 Å². The van der Waals surface area contributed by atoms with Crippen molar-refractivity contribution in [3.63, 3.8) is 0 Å². The van der Waals surface area contributed by atoms with Crippen molar-refractivity contribution in [1.29, 1.82) is 0 Å². The lowest BCUT2D eigenvalue weighted by molar-refractivity contribution is 0.755. The minimum atomic E-state index is -0.368. The Kier molecular flexibility index (Phi) is 2.34. The molecule has 0 aliphatic heterocycles. The van der Waals surface area contributed by atoms with Crippen molar-refractivity contribution in [2.24, 2.45) is 0 Å². The molecule has 0 saturated heterocycles. The van der Waals surface area contributed by atoms with Crippen LogP contribution in [0, 0.1) is 13.8 Å². The second kappa shape index (κ2) is 3.77. The highest BCUT2D eigenvalue weighted by Gasteiger charge is 2.12. The number of nitrogens with zero attached hydrogens (tertiary/aromatic N) is 5. The number of hydrogen-bond acceptors (Lipinski definition) is 4. The first-order valence-electron chi connectivity index (χ1n) is 5.24. The van der Waals surface area contributed by atoms with Gasteiger partial charge in [-0.05, 0) is 41.9 Å². The third-order valence-corrected chi connectivity index (χ3v) is 3.83. The summed E-state index contributed by atoms with van der Waals surface area (Å²) < 4.78 is 3.82. The van der Waals surface area contributed by atoms with Gasteiger partial charge in [-0.25, -0.2) is 14.6 Å². The average Bonchev–Trinajstić information content (AvgIpc) is 2.86. The van der Waals surface area contributed by atoms with E-state index in [9.17, 15) is 4.79 Å². The van der Waals surface area contributed by atoms with E-state index in [2.05, 4.69) is 36.3 Å². The van der Waals surface area contributed by atoms with Gasteiger partial charge >= 0.3 is 5.69 Å². The van der Waals surface area contributed by atoms with Crippen LogP contribution in [-0.2, 0) is 0 Å². The minimum absolute atomic E-state index is 0.368. The molecule has 7 nitrogen and oxygen atoms in total. The number of hydrogen-bond donors (Lipinski definition) is 1. The Morgan fingerprint density at radius 2 is 2.06 bits per heavy atom. The molecule has 0 unspecified atom stereocenters. The number of H-pyrrole nitrogens is 1. The highest BCUT2D eigenvalue weighted by atomic mass is 79.9. The predicted molar refractivity (Wildman–Crippen MR) is 67.9 cm³/mol. The molecule has 0 aliphatic carbocycles. The average molecular weight is 309 g/mol. The van der Waals surface area contributed by atoms with Crippen molar-refractivity contribution < 1.29 is 0 Å². The Balaban J connectivity index is 2.28. The maximum absolute atomic E-state index is 11.5. The molecule has 3 rings (SSSR count). The smallest absolute Gasteiger partial charge is 0.244 e. The van der Waals surface area contributed by atoms with Crippen molar-refractivity contribution in [1.82, 2.24) is 29.6 Å². The number of nitrogens with one attached hydrogen (secondary N) is 1. The van der Waals surface area contributed by atoms with Gasteiger partial charge in [0.05, 0.1) is 15.9 Å². The van der Waals surface area contributed by atoms with Gasteiger partial charge < -0.3 is 0 Å². The second-order valence-electron chi connectivity index (χ2n) is 3.89. The molecule has 0 radical (unpaired) electrons. The van der Waals surface area contributed by atoms with Crippen LogP contribution in [0.15, 0.2) is 21.4 Å². The van der Waals surface area contributed by atoms with Crippen molar-refractivity contribution in [2.75, 3.05) is 0 Å². The Morgan fingerprint density at radius 1 is 1.28 bits per heavy atom. The fourth-order valence-electron chi connectivity index (χ4n) is 1.75. The zero-order valence-corrected chi connectivity index (χ0v) is 11.3. The van der Waals surface area contributed by atoms with Crippen LogP contribution in [0.5, 0.6) is 0 Å². The summed E-state index contributed by atoms with van der Waals surface area (Å²) in [5, 5.41) is 14.7. The largest absolute Gasteiger partial charge is 0.364 e. The maximum atomic E-state index is 11.5. The summed E-state index contributed by atoms with van der Waals surface area (Å²) in [6.45, 7) is 3.82. The normalized spacial score (nSPS) is 11.3. The van der Waals surface area contributed by atoms with Crippen molar-refractivity contribution in [3.05, 3.63) is 38.5 Å². The van der Waals surface area contributed by atoms with Gasteiger partial charge in [-0.1, -0.05) is 0 Å². The van der Waals surface area contributed by atoms with Crippen molar-refractivity contribution >= 4 is 21.6 Å². The summed E-state index contributed by atoms with van der Waals surface area (Å²) in [6, 6.07) is 3.48. The standard InChI is InChI=1S/C10H9BrN6O/c1-5-9(11)6(2)16(14-5)8-4-3-7-12-13-10(18)17(7)15-8/h3-4H,1-2H3,(H,13,18). The fraction of sp³-hybridized carbons (Fsp3) is 0.200.